The highest BCUT2D eigenvalue weighted by molar-refractivity contribution is 9.10. The molecule has 16 heavy (non-hydrogen) atoms. The predicted molar refractivity (Wildman–Crippen MR) is 71.8 cm³/mol. The van der Waals surface area contributed by atoms with Crippen molar-refractivity contribution >= 4 is 28.6 Å². The molecule has 1 rings (SSSR count). The van der Waals surface area contributed by atoms with Crippen molar-refractivity contribution in [3.8, 4) is 5.75 Å². The van der Waals surface area contributed by atoms with Gasteiger partial charge in [0.15, 0.2) is 11.6 Å². The number of halogens is 2. The second-order valence-electron chi connectivity index (χ2n) is 3.83. The zero-order valence-electron chi connectivity index (χ0n) is 9.25. The van der Waals surface area contributed by atoms with Crippen LogP contribution in [0.15, 0.2) is 22.7 Å². The molecule has 1 aromatic carbocycles. The summed E-state index contributed by atoms with van der Waals surface area (Å²) in [5, 5.41) is 0. The molecule has 0 aromatic heterocycles. The Morgan fingerprint density at radius 2 is 2.19 bits per heavy atom. The molecule has 4 heteroatoms. The van der Waals surface area contributed by atoms with Crippen LogP contribution >= 0.6 is 28.6 Å². The van der Waals surface area contributed by atoms with Gasteiger partial charge in [0.1, 0.15) is 0 Å². The van der Waals surface area contributed by atoms with E-state index in [4.69, 9.17) is 4.74 Å². The summed E-state index contributed by atoms with van der Waals surface area (Å²) >= 11 is 7.38. The Morgan fingerprint density at radius 3 is 2.81 bits per heavy atom. The van der Waals surface area contributed by atoms with Crippen LogP contribution in [0.1, 0.15) is 19.8 Å². The van der Waals surface area contributed by atoms with E-state index in [2.05, 4.69) is 35.5 Å². The monoisotopic (exact) mass is 306 g/mol. The van der Waals surface area contributed by atoms with Gasteiger partial charge in [-0.15, -0.1) is 0 Å². The summed E-state index contributed by atoms with van der Waals surface area (Å²) in [6, 6.07) is 4.82. The summed E-state index contributed by atoms with van der Waals surface area (Å²) < 4.78 is 19.5. The Balaban J connectivity index is 2.37. The number of ether oxygens (including phenoxy) is 1. The predicted octanol–water partition coefficient (Wildman–Crippen LogP) is 4.31. The van der Waals surface area contributed by atoms with Gasteiger partial charge in [-0.25, -0.2) is 4.39 Å². The standard InChI is InChI=1S/C12H16BrFOS/c1-9(5-7-16)4-6-15-12-3-2-10(13)8-11(12)14/h2-3,8-9,16H,4-7H2,1H3. The van der Waals surface area contributed by atoms with E-state index in [9.17, 15) is 4.39 Å². The van der Waals surface area contributed by atoms with Crippen LogP contribution in [0.5, 0.6) is 5.75 Å². The molecule has 0 spiro atoms. The van der Waals surface area contributed by atoms with Crippen LogP contribution in [0.4, 0.5) is 4.39 Å². The van der Waals surface area contributed by atoms with Gasteiger partial charge in [-0.1, -0.05) is 22.9 Å². The molecule has 0 saturated carbocycles. The molecule has 1 unspecified atom stereocenters. The van der Waals surface area contributed by atoms with E-state index in [1.165, 1.54) is 6.07 Å². The lowest BCUT2D eigenvalue weighted by atomic mass is 10.1. The molecule has 0 N–H and O–H groups in total. The molecule has 90 valence electrons. The van der Waals surface area contributed by atoms with Gasteiger partial charge in [0.2, 0.25) is 0 Å². The van der Waals surface area contributed by atoms with Crippen LogP contribution in [0.3, 0.4) is 0 Å². The van der Waals surface area contributed by atoms with Crippen molar-refractivity contribution < 1.29 is 9.13 Å². The Labute approximate surface area is 110 Å². The maximum Gasteiger partial charge on any atom is 0.166 e. The van der Waals surface area contributed by atoms with E-state index in [1.807, 2.05) is 0 Å². The summed E-state index contributed by atoms with van der Waals surface area (Å²) in [6.07, 6.45) is 1.99. The third kappa shape index (κ3) is 4.74. The minimum absolute atomic E-state index is 0.321. The fourth-order valence-electron chi connectivity index (χ4n) is 1.33. The SMILES string of the molecule is CC(CCS)CCOc1ccc(Br)cc1F. The lowest BCUT2D eigenvalue weighted by Crippen LogP contribution is -2.05. The van der Waals surface area contributed by atoms with E-state index in [0.29, 0.717) is 18.3 Å². The van der Waals surface area contributed by atoms with Crippen LogP contribution in [-0.4, -0.2) is 12.4 Å². The van der Waals surface area contributed by atoms with Crippen molar-refractivity contribution in [2.45, 2.75) is 19.8 Å². The van der Waals surface area contributed by atoms with E-state index in [1.54, 1.807) is 12.1 Å². The number of benzene rings is 1. The topological polar surface area (TPSA) is 9.23 Å². The molecule has 0 bridgehead atoms. The Kier molecular flexibility index (Phi) is 6.21. The highest BCUT2D eigenvalue weighted by Gasteiger charge is 2.05. The average Bonchev–Trinajstić information content (AvgIpc) is 2.22. The van der Waals surface area contributed by atoms with Crippen LogP contribution in [0, 0.1) is 11.7 Å². The zero-order chi connectivity index (χ0) is 12.0. The van der Waals surface area contributed by atoms with Crippen molar-refractivity contribution in [1.29, 1.82) is 0 Å². The van der Waals surface area contributed by atoms with Crippen molar-refractivity contribution in [2.75, 3.05) is 12.4 Å². The van der Waals surface area contributed by atoms with Gasteiger partial charge < -0.3 is 4.74 Å². The lowest BCUT2D eigenvalue weighted by molar-refractivity contribution is 0.270. The van der Waals surface area contributed by atoms with Crippen LogP contribution in [0.2, 0.25) is 0 Å². The quantitative estimate of drug-likeness (QED) is 0.770. The third-order valence-electron chi connectivity index (χ3n) is 2.38. The summed E-state index contributed by atoms with van der Waals surface area (Å²) in [4.78, 5) is 0. The first-order chi connectivity index (χ1) is 7.63. The molecule has 0 fully saturated rings. The molecular weight excluding hydrogens is 291 g/mol. The molecule has 0 heterocycles. The van der Waals surface area contributed by atoms with Crippen molar-refractivity contribution in [1.82, 2.24) is 0 Å². The Hall–Kier alpha value is -0.220. The normalized spacial score (nSPS) is 12.5. The van der Waals surface area contributed by atoms with Gasteiger partial charge in [-0.05, 0) is 42.7 Å². The first-order valence-corrected chi connectivity index (χ1v) is 6.74. The number of rotatable bonds is 6. The number of thiol groups is 1. The fraction of sp³-hybridized carbons (Fsp3) is 0.500. The minimum atomic E-state index is -0.323. The van der Waals surface area contributed by atoms with Gasteiger partial charge >= 0.3 is 0 Å². The van der Waals surface area contributed by atoms with Gasteiger partial charge in [0.25, 0.3) is 0 Å². The van der Waals surface area contributed by atoms with E-state index >= 15 is 0 Å². The Bertz CT molecular complexity index is 333. The second kappa shape index (κ2) is 7.17. The molecule has 0 aliphatic rings. The maximum atomic E-state index is 13.4. The number of hydrogen-bond donors (Lipinski definition) is 1. The highest BCUT2D eigenvalue weighted by atomic mass is 79.9. The van der Waals surface area contributed by atoms with Gasteiger partial charge in [-0.3, -0.25) is 0 Å². The molecule has 0 amide bonds. The van der Waals surface area contributed by atoms with Crippen molar-refractivity contribution in [3.05, 3.63) is 28.5 Å². The van der Waals surface area contributed by atoms with Crippen LogP contribution in [-0.2, 0) is 0 Å². The fourth-order valence-corrected chi connectivity index (χ4v) is 2.10. The molecular formula is C12H16BrFOS. The van der Waals surface area contributed by atoms with E-state index in [0.717, 1.165) is 23.1 Å². The van der Waals surface area contributed by atoms with Crippen molar-refractivity contribution in [3.63, 3.8) is 0 Å². The highest BCUT2D eigenvalue weighted by Crippen LogP contribution is 2.22. The van der Waals surface area contributed by atoms with Crippen LogP contribution in [0.25, 0.3) is 0 Å². The summed E-state index contributed by atoms with van der Waals surface area (Å²) in [5.74, 6) is 1.45. The first kappa shape index (κ1) is 13.8. The summed E-state index contributed by atoms with van der Waals surface area (Å²) in [7, 11) is 0. The first-order valence-electron chi connectivity index (χ1n) is 5.32. The van der Waals surface area contributed by atoms with Gasteiger partial charge in [0, 0.05) is 4.47 Å². The largest absolute Gasteiger partial charge is 0.491 e. The molecule has 0 aliphatic carbocycles. The molecule has 1 nitrogen and oxygen atoms in total. The van der Waals surface area contributed by atoms with E-state index in [-0.39, 0.29) is 5.82 Å². The smallest absolute Gasteiger partial charge is 0.166 e. The lowest BCUT2D eigenvalue weighted by Gasteiger charge is -2.11. The zero-order valence-corrected chi connectivity index (χ0v) is 11.7. The van der Waals surface area contributed by atoms with E-state index < -0.39 is 0 Å². The minimum Gasteiger partial charge on any atom is -0.491 e. The summed E-state index contributed by atoms with van der Waals surface area (Å²) in [5.41, 5.74) is 0. The van der Waals surface area contributed by atoms with Gasteiger partial charge in [-0.2, -0.15) is 12.6 Å². The second-order valence-corrected chi connectivity index (χ2v) is 5.19. The summed E-state index contributed by atoms with van der Waals surface area (Å²) in [6.45, 7) is 2.70. The maximum absolute atomic E-state index is 13.4. The number of hydrogen-bond acceptors (Lipinski definition) is 2. The van der Waals surface area contributed by atoms with Crippen molar-refractivity contribution in [2.24, 2.45) is 5.92 Å². The molecule has 0 aliphatic heterocycles. The van der Waals surface area contributed by atoms with Gasteiger partial charge in [0.05, 0.1) is 6.61 Å². The Morgan fingerprint density at radius 1 is 1.44 bits per heavy atom. The average molecular weight is 307 g/mol. The third-order valence-corrected chi connectivity index (χ3v) is 3.14. The molecule has 1 atom stereocenters. The molecule has 0 saturated heterocycles. The van der Waals surface area contributed by atoms with Crippen LogP contribution < -0.4 is 4.74 Å². The molecule has 0 radical (unpaired) electrons. The molecule has 1 aromatic rings.